The van der Waals surface area contributed by atoms with Crippen LogP contribution in [0.15, 0.2) is 18.2 Å². The Morgan fingerprint density at radius 3 is 2.74 bits per heavy atom. The molecule has 0 bridgehead atoms. The van der Waals surface area contributed by atoms with E-state index < -0.39 is 17.9 Å². The van der Waals surface area contributed by atoms with Gasteiger partial charge in [-0.1, -0.05) is 13.0 Å². The first-order valence-electron chi connectivity index (χ1n) is 5.83. The maximum absolute atomic E-state index is 13.3. The van der Waals surface area contributed by atoms with Crippen LogP contribution in [-0.2, 0) is 9.53 Å². The first kappa shape index (κ1) is 14.9. The first-order chi connectivity index (χ1) is 8.95. The molecule has 0 saturated heterocycles. The quantitative estimate of drug-likeness (QED) is 0.821. The van der Waals surface area contributed by atoms with E-state index in [0.717, 1.165) is 0 Å². The summed E-state index contributed by atoms with van der Waals surface area (Å²) in [4.78, 5) is 22.7. The standard InChI is InChI=1S/C13H17FN2O3/c1-8(12(17)19-3)7-15-13(18)16-11-6-4-5-10(14)9(11)2/h4-6,8H,7H2,1-3H3,(H2,15,16,18). The average molecular weight is 268 g/mol. The molecule has 0 saturated carbocycles. The molecule has 19 heavy (non-hydrogen) atoms. The highest BCUT2D eigenvalue weighted by molar-refractivity contribution is 5.90. The van der Waals surface area contributed by atoms with Crippen molar-refractivity contribution in [2.24, 2.45) is 5.92 Å². The molecule has 1 aromatic rings. The fourth-order valence-corrected chi connectivity index (χ4v) is 1.44. The zero-order valence-electron chi connectivity index (χ0n) is 11.1. The lowest BCUT2D eigenvalue weighted by atomic mass is 10.2. The molecule has 1 rings (SSSR count). The molecule has 1 unspecified atom stereocenters. The maximum Gasteiger partial charge on any atom is 0.319 e. The van der Waals surface area contributed by atoms with Crippen molar-refractivity contribution in [3.63, 3.8) is 0 Å². The van der Waals surface area contributed by atoms with Gasteiger partial charge in [0.1, 0.15) is 5.82 Å². The minimum absolute atomic E-state index is 0.146. The largest absolute Gasteiger partial charge is 0.469 e. The number of halogens is 1. The fourth-order valence-electron chi connectivity index (χ4n) is 1.44. The number of methoxy groups -OCH3 is 1. The van der Waals surface area contributed by atoms with Crippen molar-refractivity contribution in [1.29, 1.82) is 0 Å². The number of carbonyl (C=O) groups is 2. The SMILES string of the molecule is COC(=O)C(C)CNC(=O)Nc1cccc(F)c1C. The number of hydrogen-bond donors (Lipinski definition) is 2. The number of hydrogen-bond acceptors (Lipinski definition) is 3. The van der Waals surface area contributed by atoms with E-state index in [1.54, 1.807) is 19.9 Å². The molecule has 0 spiro atoms. The Labute approximate surface area is 111 Å². The molecule has 0 aliphatic heterocycles. The highest BCUT2D eigenvalue weighted by Crippen LogP contribution is 2.16. The third kappa shape index (κ3) is 4.24. The summed E-state index contributed by atoms with van der Waals surface area (Å²) in [7, 11) is 1.29. The monoisotopic (exact) mass is 268 g/mol. The summed E-state index contributed by atoms with van der Waals surface area (Å²) in [5.41, 5.74) is 0.752. The minimum Gasteiger partial charge on any atom is -0.469 e. The highest BCUT2D eigenvalue weighted by Gasteiger charge is 2.14. The minimum atomic E-state index is -0.496. The number of rotatable bonds is 4. The average Bonchev–Trinajstić information content (AvgIpc) is 2.40. The lowest BCUT2D eigenvalue weighted by molar-refractivity contribution is -0.144. The van der Waals surface area contributed by atoms with Gasteiger partial charge in [0.2, 0.25) is 0 Å². The number of amides is 2. The highest BCUT2D eigenvalue weighted by atomic mass is 19.1. The van der Waals surface area contributed by atoms with Gasteiger partial charge < -0.3 is 15.4 Å². The van der Waals surface area contributed by atoms with Crippen LogP contribution >= 0.6 is 0 Å². The Morgan fingerprint density at radius 1 is 1.42 bits per heavy atom. The van der Waals surface area contributed by atoms with E-state index in [1.807, 2.05) is 0 Å². The van der Waals surface area contributed by atoms with Crippen LogP contribution < -0.4 is 10.6 Å². The summed E-state index contributed by atoms with van der Waals surface area (Å²) < 4.78 is 17.8. The molecule has 2 N–H and O–H groups in total. The third-order valence-corrected chi connectivity index (χ3v) is 2.69. The number of anilines is 1. The van der Waals surface area contributed by atoms with Crippen LogP contribution in [0.25, 0.3) is 0 Å². The van der Waals surface area contributed by atoms with E-state index in [-0.39, 0.29) is 12.4 Å². The van der Waals surface area contributed by atoms with E-state index in [9.17, 15) is 14.0 Å². The zero-order valence-corrected chi connectivity index (χ0v) is 11.1. The summed E-state index contributed by atoms with van der Waals surface area (Å²) in [5.74, 6) is -1.23. The predicted octanol–water partition coefficient (Wildman–Crippen LogP) is 2.06. The van der Waals surface area contributed by atoms with Crippen LogP contribution in [0.4, 0.5) is 14.9 Å². The van der Waals surface area contributed by atoms with Gasteiger partial charge in [-0.05, 0) is 19.1 Å². The normalized spacial score (nSPS) is 11.6. The molecule has 2 amide bonds. The van der Waals surface area contributed by atoms with E-state index in [1.165, 1.54) is 19.2 Å². The molecular weight excluding hydrogens is 251 g/mol. The molecule has 0 aliphatic rings. The second kappa shape index (κ2) is 6.72. The van der Waals surface area contributed by atoms with Crippen LogP contribution in [0.1, 0.15) is 12.5 Å². The van der Waals surface area contributed by atoms with Gasteiger partial charge in [0, 0.05) is 17.8 Å². The van der Waals surface area contributed by atoms with E-state index >= 15 is 0 Å². The Balaban J connectivity index is 2.52. The molecular formula is C13H17FN2O3. The molecule has 1 atom stereocenters. The van der Waals surface area contributed by atoms with Gasteiger partial charge in [-0.25, -0.2) is 9.18 Å². The van der Waals surface area contributed by atoms with Crippen molar-refractivity contribution < 1.29 is 18.7 Å². The van der Waals surface area contributed by atoms with Crippen LogP contribution in [0.3, 0.4) is 0 Å². The zero-order chi connectivity index (χ0) is 14.4. The first-order valence-corrected chi connectivity index (χ1v) is 5.83. The molecule has 1 aromatic carbocycles. The lowest BCUT2D eigenvalue weighted by Gasteiger charge is -2.12. The summed E-state index contributed by atoms with van der Waals surface area (Å²) >= 11 is 0. The van der Waals surface area contributed by atoms with Gasteiger partial charge in [0.05, 0.1) is 13.0 Å². The van der Waals surface area contributed by atoms with Crippen molar-refractivity contribution in [3.05, 3.63) is 29.6 Å². The van der Waals surface area contributed by atoms with Gasteiger partial charge in [0.15, 0.2) is 0 Å². The molecule has 6 heteroatoms. The molecule has 0 aliphatic carbocycles. The topological polar surface area (TPSA) is 67.4 Å². The van der Waals surface area contributed by atoms with Crippen molar-refractivity contribution in [2.45, 2.75) is 13.8 Å². The van der Waals surface area contributed by atoms with Gasteiger partial charge in [0.25, 0.3) is 0 Å². The number of nitrogens with one attached hydrogen (secondary N) is 2. The third-order valence-electron chi connectivity index (χ3n) is 2.69. The van der Waals surface area contributed by atoms with Gasteiger partial charge in [-0.3, -0.25) is 4.79 Å². The van der Waals surface area contributed by atoms with Gasteiger partial charge in [-0.15, -0.1) is 0 Å². The summed E-state index contributed by atoms with van der Waals surface area (Å²) in [5, 5.41) is 5.04. The maximum atomic E-state index is 13.3. The second-order valence-corrected chi connectivity index (χ2v) is 4.17. The van der Waals surface area contributed by atoms with Crippen molar-refractivity contribution in [2.75, 3.05) is 19.0 Å². The van der Waals surface area contributed by atoms with Crippen molar-refractivity contribution in [3.8, 4) is 0 Å². The number of benzene rings is 1. The lowest BCUT2D eigenvalue weighted by Crippen LogP contribution is -2.35. The molecule has 0 aromatic heterocycles. The Hall–Kier alpha value is -2.11. The summed E-state index contributed by atoms with van der Waals surface area (Å²) in [6, 6.07) is 3.93. The van der Waals surface area contributed by atoms with E-state index in [0.29, 0.717) is 11.3 Å². The number of ether oxygens (including phenoxy) is 1. The molecule has 5 nitrogen and oxygen atoms in total. The van der Waals surface area contributed by atoms with Gasteiger partial charge in [-0.2, -0.15) is 0 Å². The van der Waals surface area contributed by atoms with Crippen LogP contribution in [0, 0.1) is 18.7 Å². The van der Waals surface area contributed by atoms with Crippen LogP contribution in [0.2, 0.25) is 0 Å². The predicted molar refractivity (Wildman–Crippen MR) is 69.3 cm³/mol. The molecule has 0 radical (unpaired) electrons. The molecule has 0 heterocycles. The van der Waals surface area contributed by atoms with E-state index in [2.05, 4.69) is 15.4 Å². The summed E-state index contributed by atoms with van der Waals surface area (Å²) in [6.07, 6.45) is 0. The Bertz CT molecular complexity index is 477. The molecule has 0 fully saturated rings. The fraction of sp³-hybridized carbons (Fsp3) is 0.385. The van der Waals surface area contributed by atoms with Crippen molar-refractivity contribution in [1.82, 2.24) is 5.32 Å². The smallest absolute Gasteiger partial charge is 0.319 e. The van der Waals surface area contributed by atoms with Crippen molar-refractivity contribution >= 4 is 17.7 Å². The number of esters is 1. The number of urea groups is 1. The second-order valence-electron chi connectivity index (χ2n) is 4.17. The van der Waals surface area contributed by atoms with E-state index in [4.69, 9.17) is 0 Å². The van der Waals surface area contributed by atoms with Crippen LogP contribution in [0.5, 0.6) is 0 Å². The van der Waals surface area contributed by atoms with Crippen LogP contribution in [-0.4, -0.2) is 25.7 Å². The molecule has 104 valence electrons. The summed E-state index contributed by atoms with van der Waals surface area (Å²) in [6.45, 7) is 3.36. The Kier molecular flexibility index (Phi) is 5.29. The Morgan fingerprint density at radius 2 is 2.11 bits per heavy atom. The van der Waals surface area contributed by atoms with Gasteiger partial charge >= 0.3 is 12.0 Å². The number of carbonyl (C=O) groups excluding carboxylic acids is 2.